The van der Waals surface area contributed by atoms with Crippen molar-refractivity contribution in [3.63, 3.8) is 0 Å². The SMILES string of the molecule is O=C(c1c[nH]c2ccccc2c1=O)N1CCC[C@H]1CO. The number of benzene rings is 1. The number of carbonyl (C=O) groups is 1. The summed E-state index contributed by atoms with van der Waals surface area (Å²) < 4.78 is 0. The van der Waals surface area contributed by atoms with Gasteiger partial charge in [-0.05, 0) is 25.0 Å². The van der Waals surface area contributed by atoms with Gasteiger partial charge in [0.1, 0.15) is 5.56 Å². The third-order valence-corrected chi connectivity index (χ3v) is 3.87. The van der Waals surface area contributed by atoms with Crippen molar-refractivity contribution in [2.75, 3.05) is 13.2 Å². The molecule has 0 radical (unpaired) electrons. The molecule has 1 aromatic heterocycles. The van der Waals surface area contributed by atoms with Gasteiger partial charge in [0.25, 0.3) is 5.91 Å². The maximum Gasteiger partial charge on any atom is 0.259 e. The molecule has 1 saturated heterocycles. The number of aliphatic hydroxyl groups is 1. The van der Waals surface area contributed by atoms with Crippen LogP contribution in [0.3, 0.4) is 0 Å². The van der Waals surface area contributed by atoms with Gasteiger partial charge >= 0.3 is 0 Å². The average molecular weight is 272 g/mol. The number of aromatic nitrogens is 1. The molecule has 1 aliphatic rings. The minimum absolute atomic E-state index is 0.0583. The summed E-state index contributed by atoms with van der Waals surface area (Å²) in [5.74, 6) is -0.298. The molecule has 2 aromatic rings. The highest BCUT2D eigenvalue weighted by Gasteiger charge is 2.30. The van der Waals surface area contributed by atoms with Crippen LogP contribution in [0.1, 0.15) is 23.2 Å². The lowest BCUT2D eigenvalue weighted by molar-refractivity contribution is 0.0676. The second kappa shape index (κ2) is 5.09. The molecule has 20 heavy (non-hydrogen) atoms. The van der Waals surface area contributed by atoms with E-state index in [0.29, 0.717) is 17.4 Å². The molecule has 1 atom stereocenters. The summed E-state index contributed by atoms with van der Waals surface area (Å²) in [6.45, 7) is 0.535. The van der Waals surface area contributed by atoms with Gasteiger partial charge in [-0.3, -0.25) is 9.59 Å². The van der Waals surface area contributed by atoms with E-state index in [-0.39, 0.29) is 29.5 Å². The summed E-state index contributed by atoms with van der Waals surface area (Å²) in [6, 6.07) is 6.95. The summed E-state index contributed by atoms with van der Waals surface area (Å²) >= 11 is 0. The van der Waals surface area contributed by atoms with Crippen molar-refractivity contribution >= 4 is 16.8 Å². The zero-order valence-electron chi connectivity index (χ0n) is 11.0. The molecular weight excluding hydrogens is 256 g/mol. The molecule has 2 N–H and O–H groups in total. The Kier molecular flexibility index (Phi) is 3.28. The number of likely N-dealkylation sites (tertiary alicyclic amines) is 1. The monoisotopic (exact) mass is 272 g/mol. The summed E-state index contributed by atoms with van der Waals surface area (Å²) in [6.07, 6.45) is 3.12. The second-order valence-electron chi connectivity index (χ2n) is 5.05. The van der Waals surface area contributed by atoms with Crippen molar-refractivity contribution in [3.05, 3.63) is 46.2 Å². The van der Waals surface area contributed by atoms with Crippen molar-refractivity contribution in [1.29, 1.82) is 0 Å². The highest BCUT2D eigenvalue weighted by Crippen LogP contribution is 2.19. The molecule has 0 spiro atoms. The van der Waals surface area contributed by atoms with Gasteiger partial charge in [-0.1, -0.05) is 12.1 Å². The molecule has 2 heterocycles. The van der Waals surface area contributed by atoms with Crippen LogP contribution < -0.4 is 5.43 Å². The van der Waals surface area contributed by atoms with Crippen molar-refractivity contribution in [1.82, 2.24) is 9.88 Å². The van der Waals surface area contributed by atoms with Crippen molar-refractivity contribution < 1.29 is 9.90 Å². The Morgan fingerprint density at radius 1 is 1.40 bits per heavy atom. The molecule has 0 unspecified atom stereocenters. The second-order valence-corrected chi connectivity index (χ2v) is 5.05. The van der Waals surface area contributed by atoms with Gasteiger partial charge in [0.2, 0.25) is 5.43 Å². The van der Waals surface area contributed by atoms with Crippen LogP contribution in [0.4, 0.5) is 0 Å². The number of rotatable bonds is 2. The van der Waals surface area contributed by atoms with Crippen molar-refractivity contribution in [2.24, 2.45) is 0 Å². The van der Waals surface area contributed by atoms with Gasteiger partial charge in [0.05, 0.1) is 12.6 Å². The number of nitrogens with zero attached hydrogens (tertiary/aromatic N) is 1. The van der Waals surface area contributed by atoms with E-state index in [2.05, 4.69) is 4.98 Å². The minimum atomic E-state index is -0.298. The Hall–Kier alpha value is -2.14. The lowest BCUT2D eigenvalue weighted by Gasteiger charge is -2.22. The predicted octanol–water partition coefficient (Wildman–Crippen LogP) is 1.12. The fourth-order valence-electron chi connectivity index (χ4n) is 2.77. The highest BCUT2D eigenvalue weighted by atomic mass is 16.3. The molecular formula is C15H16N2O3. The number of hydrogen-bond acceptors (Lipinski definition) is 3. The quantitative estimate of drug-likeness (QED) is 0.860. The van der Waals surface area contributed by atoms with E-state index in [0.717, 1.165) is 12.8 Å². The number of hydrogen-bond donors (Lipinski definition) is 2. The number of amides is 1. The molecule has 1 aromatic carbocycles. The number of aliphatic hydroxyl groups excluding tert-OH is 1. The highest BCUT2D eigenvalue weighted by molar-refractivity contribution is 5.97. The van der Waals surface area contributed by atoms with Gasteiger partial charge in [-0.15, -0.1) is 0 Å². The van der Waals surface area contributed by atoms with Crippen LogP contribution in [0, 0.1) is 0 Å². The number of fused-ring (bicyclic) bond motifs is 1. The fourth-order valence-corrected chi connectivity index (χ4v) is 2.77. The van der Waals surface area contributed by atoms with Crippen LogP contribution in [0.5, 0.6) is 0 Å². The molecule has 104 valence electrons. The van der Waals surface area contributed by atoms with Gasteiger partial charge in [-0.2, -0.15) is 0 Å². The molecule has 5 heteroatoms. The molecule has 5 nitrogen and oxygen atoms in total. The molecule has 1 fully saturated rings. The first-order chi connectivity index (χ1) is 9.72. The number of para-hydroxylation sites is 1. The summed E-state index contributed by atoms with van der Waals surface area (Å²) in [5.41, 5.74) is 0.603. The van der Waals surface area contributed by atoms with Crippen molar-refractivity contribution in [2.45, 2.75) is 18.9 Å². The van der Waals surface area contributed by atoms with Crippen molar-refractivity contribution in [3.8, 4) is 0 Å². The summed E-state index contributed by atoms with van der Waals surface area (Å²) in [4.78, 5) is 29.5. The topological polar surface area (TPSA) is 73.4 Å². The van der Waals surface area contributed by atoms with E-state index in [1.807, 2.05) is 6.07 Å². The molecule has 1 amide bonds. The van der Waals surface area contributed by atoms with E-state index in [9.17, 15) is 14.7 Å². The van der Waals surface area contributed by atoms with E-state index < -0.39 is 0 Å². The summed E-state index contributed by atoms with van der Waals surface area (Å²) in [7, 11) is 0. The normalized spacial score (nSPS) is 18.6. The zero-order valence-corrected chi connectivity index (χ0v) is 11.0. The lowest BCUT2D eigenvalue weighted by Crippen LogP contribution is -2.39. The third-order valence-electron chi connectivity index (χ3n) is 3.87. The Labute approximate surface area is 115 Å². The van der Waals surface area contributed by atoms with Crippen LogP contribution in [0.25, 0.3) is 10.9 Å². The van der Waals surface area contributed by atoms with Gasteiger partial charge in [-0.25, -0.2) is 0 Å². The van der Waals surface area contributed by atoms with Gasteiger partial charge in [0.15, 0.2) is 0 Å². The Balaban J connectivity index is 2.04. The van der Waals surface area contributed by atoms with Crippen LogP contribution in [-0.2, 0) is 0 Å². The molecule has 0 bridgehead atoms. The number of nitrogens with one attached hydrogen (secondary N) is 1. The first-order valence-electron chi connectivity index (χ1n) is 6.74. The number of pyridine rings is 1. The molecule has 0 saturated carbocycles. The lowest BCUT2D eigenvalue weighted by atomic mass is 10.1. The maximum absolute atomic E-state index is 12.5. The number of H-pyrrole nitrogens is 1. The van der Waals surface area contributed by atoms with Crippen LogP contribution in [0.2, 0.25) is 0 Å². The molecule has 0 aliphatic carbocycles. The Morgan fingerprint density at radius 2 is 2.20 bits per heavy atom. The fraction of sp³-hybridized carbons (Fsp3) is 0.333. The zero-order chi connectivity index (χ0) is 14.1. The van der Waals surface area contributed by atoms with E-state index in [1.165, 1.54) is 6.20 Å². The van der Waals surface area contributed by atoms with E-state index in [1.54, 1.807) is 23.1 Å². The number of carbonyl (C=O) groups excluding carboxylic acids is 1. The van der Waals surface area contributed by atoms with E-state index in [4.69, 9.17) is 0 Å². The largest absolute Gasteiger partial charge is 0.394 e. The van der Waals surface area contributed by atoms with Crippen LogP contribution >= 0.6 is 0 Å². The smallest absolute Gasteiger partial charge is 0.259 e. The molecule has 1 aliphatic heterocycles. The number of aromatic amines is 1. The van der Waals surface area contributed by atoms with Gasteiger partial charge < -0.3 is 15.0 Å². The first-order valence-corrected chi connectivity index (χ1v) is 6.74. The third kappa shape index (κ3) is 2.00. The first kappa shape index (κ1) is 12.9. The standard InChI is InChI=1S/C15H16N2O3/c18-9-10-4-3-7-17(10)15(20)12-8-16-13-6-2-1-5-11(13)14(12)19/h1-2,5-6,8,10,18H,3-4,7,9H2,(H,16,19)/t10-/m0/s1. The van der Waals surface area contributed by atoms with Gasteiger partial charge in [0, 0.05) is 23.6 Å². The van der Waals surface area contributed by atoms with Crippen LogP contribution in [0.15, 0.2) is 35.3 Å². The predicted molar refractivity (Wildman–Crippen MR) is 75.7 cm³/mol. The Bertz CT molecular complexity index is 708. The average Bonchev–Trinajstić information content (AvgIpc) is 2.96. The van der Waals surface area contributed by atoms with Crippen LogP contribution in [-0.4, -0.2) is 40.1 Å². The Morgan fingerprint density at radius 3 is 3.00 bits per heavy atom. The maximum atomic E-state index is 12.5. The minimum Gasteiger partial charge on any atom is -0.394 e. The van der Waals surface area contributed by atoms with E-state index >= 15 is 0 Å². The molecule has 3 rings (SSSR count). The summed E-state index contributed by atoms with van der Waals surface area (Å²) in [5, 5.41) is 9.81.